The summed E-state index contributed by atoms with van der Waals surface area (Å²) >= 11 is 9.35. The Kier molecular flexibility index (Phi) is 5.97. The molecule has 0 saturated carbocycles. The molecule has 0 N–H and O–H groups in total. The molecule has 1 spiro atoms. The lowest BCUT2D eigenvalue weighted by molar-refractivity contribution is -0.127. The van der Waals surface area contributed by atoms with Crippen LogP contribution in [-0.4, -0.2) is 29.0 Å². The minimum atomic E-state index is -2.12. The molecule has 4 aromatic carbocycles. The van der Waals surface area contributed by atoms with Crippen LogP contribution in [0.3, 0.4) is 0 Å². The Morgan fingerprint density at radius 3 is 1.88 bits per heavy atom. The highest BCUT2D eigenvalue weighted by molar-refractivity contribution is 9.10. The van der Waals surface area contributed by atoms with E-state index in [9.17, 15) is 19.2 Å². The van der Waals surface area contributed by atoms with Crippen molar-refractivity contribution >= 4 is 56.6 Å². The summed E-state index contributed by atoms with van der Waals surface area (Å²) < 4.78 is 13.0. The van der Waals surface area contributed by atoms with Crippen LogP contribution in [0.5, 0.6) is 11.5 Å². The summed E-state index contributed by atoms with van der Waals surface area (Å²) in [5, 5.41) is 0.579. The highest BCUT2D eigenvalue weighted by Gasteiger charge is 2.74. The Balaban J connectivity index is 1.28. The Morgan fingerprint density at radius 1 is 0.732 bits per heavy atom. The summed E-state index contributed by atoms with van der Waals surface area (Å²) in [5.41, 5.74) is -0.847. The molecule has 4 aromatic rings. The number of ether oxygens (including phenoxy) is 2. The van der Waals surface area contributed by atoms with Gasteiger partial charge < -0.3 is 9.47 Å². The maximum Gasteiger partial charge on any atom is 0.241 e. The fourth-order valence-corrected chi connectivity index (χ4v) is 6.42. The quantitative estimate of drug-likeness (QED) is 0.187. The number of amides is 2. The number of halogens is 2. The van der Waals surface area contributed by atoms with Gasteiger partial charge in [0.1, 0.15) is 11.5 Å². The van der Waals surface area contributed by atoms with Crippen LogP contribution >= 0.6 is 27.5 Å². The van der Waals surface area contributed by atoms with Crippen LogP contribution in [0.2, 0.25) is 5.02 Å². The maximum atomic E-state index is 14.1. The van der Waals surface area contributed by atoms with E-state index in [0.717, 1.165) is 9.37 Å². The molecule has 0 bridgehead atoms. The van der Waals surface area contributed by atoms with Crippen LogP contribution in [0.4, 0.5) is 5.69 Å². The monoisotopic (exact) mass is 627 g/mol. The number of carbonyl (C=O) groups is 4. The summed E-state index contributed by atoms with van der Waals surface area (Å²) in [6, 6.07) is 26.8. The number of nitrogens with zero attached hydrogens (tertiary/aromatic N) is 1. The van der Waals surface area contributed by atoms with E-state index in [1.165, 1.54) is 0 Å². The molecule has 0 radical (unpaired) electrons. The number of benzene rings is 4. The number of rotatable bonds is 4. The van der Waals surface area contributed by atoms with Gasteiger partial charge in [0.25, 0.3) is 0 Å². The van der Waals surface area contributed by atoms with Gasteiger partial charge in [0, 0.05) is 20.6 Å². The molecule has 7 rings (SSSR count). The molecule has 41 heavy (non-hydrogen) atoms. The van der Waals surface area contributed by atoms with Gasteiger partial charge in [-0.05, 0) is 66.2 Å². The second-order valence-electron chi connectivity index (χ2n) is 10.1. The number of anilines is 1. The van der Waals surface area contributed by atoms with Crippen molar-refractivity contribution in [1.82, 2.24) is 0 Å². The molecule has 3 aliphatic rings. The highest BCUT2D eigenvalue weighted by atomic mass is 79.9. The second kappa shape index (κ2) is 9.48. The Hall–Kier alpha value is -4.11. The molecule has 3 atom stereocenters. The number of hydrogen-bond acceptors (Lipinski definition) is 6. The molecule has 1 aliphatic carbocycles. The van der Waals surface area contributed by atoms with Crippen LogP contribution in [0.15, 0.2) is 102 Å². The van der Waals surface area contributed by atoms with Crippen LogP contribution in [0.1, 0.15) is 32.4 Å². The van der Waals surface area contributed by atoms with Gasteiger partial charge in [-0.2, -0.15) is 0 Å². The van der Waals surface area contributed by atoms with Crippen LogP contribution < -0.4 is 9.64 Å². The van der Waals surface area contributed by atoms with Crippen molar-refractivity contribution in [2.24, 2.45) is 11.8 Å². The predicted molar refractivity (Wildman–Crippen MR) is 153 cm³/mol. The van der Waals surface area contributed by atoms with Crippen LogP contribution in [0.25, 0.3) is 0 Å². The third-order valence-electron chi connectivity index (χ3n) is 7.86. The van der Waals surface area contributed by atoms with E-state index in [1.807, 2.05) is 0 Å². The van der Waals surface area contributed by atoms with E-state index in [0.29, 0.717) is 27.8 Å². The van der Waals surface area contributed by atoms with E-state index in [2.05, 4.69) is 15.9 Å². The number of ketones is 2. The van der Waals surface area contributed by atoms with Crippen molar-refractivity contribution in [3.8, 4) is 11.5 Å². The van der Waals surface area contributed by atoms with Crippen molar-refractivity contribution in [1.29, 1.82) is 0 Å². The normalized spacial score (nSPS) is 22.4. The zero-order valence-corrected chi connectivity index (χ0v) is 23.5. The van der Waals surface area contributed by atoms with Gasteiger partial charge in [0.05, 0.1) is 23.6 Å². The Bertz CT molecular complexity index is 1720. The fraction of sp³-hybridized carbons (Fsp3) is 0.125. The first kappa shape index (κ1) is 25.8. The number of Topliss-reactive ketones (excluding diaryl/α,β-unsaturated/α-hetero) is 2. The first-order valence-corrected chi connectivity index (χ1v) is 14.0. The summed E-state index contributed by atoms with van der Waals surface area (Å²) in [4.78, 5) is 57.0. The van der Waals surface area contributed by atoms with E-state index < -0.39 is 46.9 Å². The molecule has 202 valence electrons. The van der Waals surface area contributed by atoms with Gasteiger partial charge in [-0.15, -0.1) is 0 Å². The van der Waals surface area contributed by atoms with Crippen LogP contribution in [0, 0.1) is 11.8 Å². The van der Waals surface area contributed by atoms with Gasteiger partial charge >= 0.3 is 0 Å². The standard InChI is InChI=1S/C32H19BrClNO6/c33-18-7-5-17(6-8-18)27-25-26(32(41-27)28(36)23-3-1-2-4-24(23)29(32)37)31(39)35(30(25)38)20-11-15-22(16-12-20)40-21-13-9-19(34)10-14-21/h1-16,25-27H/t25-,26+,27+/m0/s1. The molecule has 9 heteroatoms. The van der Waals surface area contributed by atoms with Crippen molar-refractivity contribution in [2.75, 3.05) is 4.90 Å². The lowest BCUT2D eigenvalue weighted by atomic mass is 9.77. The molecule has 2 fully saturated rings. The SMILES string of the molecule is O=C1[C@@H]2[C@@H](c3ccc(Br)cc3)OC3(C(=O)c4ccccc4C3=O)[C@H]2C(=O)N1c1ccc(Oc2ccc(Cl)cc2)cc1. The molecular weight excluding hydrogens is 610 g/mol. The lowest BCUT2D eigenvalue weighted by Crippen LogP contribution is -2.51. The number of hydrogen-bond donors (Lipinski definition) is 0. The molecular formula is C32H19BrClNO6. The van der Waals surface area contributed by atoms with Crippen molar-refractivity contribution < 1.29 is 28.7 Å². The fourth-order valence-electron chi connectivity index (χ4n) is 6.03. The van der Waals surface area contributed by atoms with E-state index in [1.54, 1.807) is 97.1 Å². The predicted octanol–water partition coefficient (Wildman–Crippen LogP) is 6.59. The minimum absolute atomic E-state index is 0.190. The first-order chi connectivity index (χ1) is 19.8. The first-order valence-electron chi connectivity index (χ1n) is 12.8. The zero-order chi connectivity index (χ0) is 28.5. The van der Waals surface area contributed by atoms with Crippen molar-refractivity contribution in [3.05, 3.63) is 123 Å². The molecule has 2 aliphatic heterocycles. The second-order valence-corrected chi connectivity index (χ2v) is 11.4. The number of imide groups is 1. The summed E-state index contributed by atoms with van der Waals surface area (Å²) in [7, 11) is 0. The zero-order valence-electron chi connectivity index (χ0n) is 21.1. The van der Waals surface area contributed by atoms with E-state index in [-0.39, 0.29) is 11.1 Å². The number of carbonyl (C=O) groups excluding carboxylic acids is 4. The maximum absolute atomic E-state index is 14.1. The topological polar surface area (TPSA) is 90.0 Å². The summed E-state index contributed by atoms with van der Waals surface area (Å²) in [5.74, 6) is -3.71. The summed E-state index contributed by atoms with van der Waals surface area (Å²) in [6.45, 7) is 0. The molecule has 2 amide bonds. The van der Waals surface area contributed by atoms with Crippen molar-refractivity contribution in [2.45, 2.75) is 11.7 Å². The molecule has 0 unspecified atom stereocenters. The van der Waals surface area contributed by atoms with Gasteiger partial charge in [-0.25, -0.2) is 4.90 Å². The summed E-state index contributed by atoms with van der Waals surface area (Å²) in [6.07, 6.45) is -0.982. The van der Waals surface area contributed by atoms with Gasteiger partial charge in [-0.3, -0.25) is 19.2 Å². The third kappa shape index (κ3) is 3.82. The van der Waals surface area contributed by atoms with Crippen LogP contribution in [-0.2, 0) is 14.3 Å². The highest BCUT2D eigenvalue weighted by Crippen LogP contribution is 2.57. The van der Waals surface area contributed by atoms with E-state index >= 15 is 0 Å². The largest absolute Gasteiger partial charge is 0.457 e. The van der Waals surface area contributed by atoms with Crippen molar-refractivity contribution in [3.63, 3.8) is 0 Å². The molecule has 2 saturated heterocycles. The molecule has 0 aromatic heterocycles. The lowest BCUT2D eigenvalue weighted by Gasteiger charge is -2.27. The Morgan fingerprint density at radius 2 is 1.29 bits per heavy atom. The van der Waals surface area contributed by atoms with Gasteiger partial charge in [-0.1, -0.05) is 63.9 Å². The van der Waals surface area contributed by atoms with E-state index in [4.69, 9.17) is 21.1 Å². The average molecular weight is 629 g/mol. The van der Waals surface area contributed by atoms with Gasteiger partial charge in [0.2, 0.25) is 29.0 Å². The molecule has 7 nitrogen and oxygen atoms in total. The third-order valence-corrected chi connectivity index (χ3v) is 8.64. The minimum Gasteiger partial charge on any atom is -0.457 e. The average Bonchev–Trinajstić information content (AvgIpc) is 3.55. The van der Waals surface area contributed by atoms with Gasteiger partial charge in [0.15, 0.2) is 0 Å². The Labute approximate surface area is 247 Å². The number of fused-ring (bicyclic) bond motifs is 3. The molecule has 2 heterocycles. The smallest absolute Gasteiger partial charge is 0.241 e.